The summed E-state index contributed by atoms with van der Waals surface area (Å²) >= 11 is 0. The van der Waals surface area contributed by atoms with E-state index in [-0.39, 0.29) is 49.3 Å². The van der Waals surface area contributed by atoms with Crippen molar-refractivity contribution in [1.82, 2.24) is 0 Å². The quantitative estimate of drug-likeness (QED) is 0.0898. The molecule has 47 heavy (non-hydrogen) atoms. The third-order valence-corrected chi connectivity index (χ3v) is 7.72. The molecule has 6 N–H and O–H groups in total. The number of unbranched alkanes of at least 4 members (excludes halogenated alkanes) is 2. The lowest BCUT2D eigenvalue weighted by Gasteiger charge is -2.31. The molecule has 0 heterocycles. The van der Waals surface area contributed by atoms with Crippen molar-refractivity contribution < 1.29 is 59.4 Å². The molecule has 0 aromatic heterocycles. The average molecular weight is 665 g/mol. The Balaban J connectivity index is 0.000000654. The highest BCUT2D eigenvalue weighted by Gasteiger charge is 2.26. The fraction of sp³-hybridized carbons (Fsp3) is 0.636. The zero-order valence-corrected chi connectivity index (χ0v) is 26.7. The Morgan fingerprint density at radius 3 is 1.26 bits per heavy atom. The summed E-state index contributed by atoms with van der Waals surface area (Å²) in [5, 5.41) is 49.4. The molecule has 3 rings (SSSR count). The summed E-state index contributed by atoms with van der Waals surface area (Å²) in [7, 11) is 0. The van der Waals surface area contributed by atoms with Gasteiger partial charge in [0.25, 0.3) is 0 Å². The van der Waals surface area contributed by atoms with E-state index in [4.69, 9.17) is 30.6 Å². The van der Waals surface area contributed by atoms with E-state index in [1.165, 1.54) is 50.3 Å². The molecule has 1 aromatic rings. The molecule has 14 heteroatoms. The van der Waals surface area contributed by atoms with Gasteiger partial charge in [0.15, 0.2) is 0 Å². The summed E-state index contributed by atoms with van der Waals surface area (Å²) in [6.07, 6.45) is 16.1. The summed E-state index contributed by atoms with van der Waals surface area (Å²) in [6.45, 7) is 0.390. The Morgan fingerprint density at radius 2 is 0.979 bits per heavy atom. The van der Waals surface area contributed by atoms with E-state index in [0.29, 0.717) is 12.8 Å². The first-order valence-electron chi connectivity index (χ1n) is 15.8. The van der Waals surface area contributed by atoms with Crippen molar-refractivity contribution >= 4 is 36.0 Å². The van der Waals surface area contributed by atoms with Crippen LogP contribution in [-0.2, 0) is 19.2 Å². The summed E-state index contributed by atoms with van der Waals surface area (Å²) in [5.74, 6) is -2.39. The van der Waals surface area contributed by atoms with E-state index in [1.807, 2.05) is 0 Å². The standard InChI is InChI=1S/C15H22N2O2.C8H6O4.C6H10O4.C4H10O2/c18-10-16-14-5-1-12(2-6-14)9-13-3-7-15(8-4-13)17-11-19;9-7(10)5-2-1-3-6(4-5)8(11)12;7-5(8)3-1-2-4-6(9)10;5-3-1-2-4-6/h12-15H,1-9H2;1-4H,(H,9,10)(H,11,12);1-4H2,(H,7,8)(H,9,10);5-6H,1-4H2. The molecule has 1 aromatic carbocycles. The van der Waals surface area contributed by atoms with Gasteiger partial charge in [0.05, 0.1) is 23.2 Å². The number of aliphatic imine (C=N–C) groups is 2. The van der Waals surface area contributed by atoms with Crippen molar-refractivity contribution in [3.8, 4) is 0 Å². The fourth-order valence-corrected chi connectivity index (χ4v) is 5.20. The van der Waals surface area contributed by atoms with Gasteiger partial charge >= 0.3 is 23.9 Å². The van der Waals surface area contributed by atoms with Gasteiger partial charge in [-0.1, -0.05) is 6.07 Å². The lowest BCUT2D eigenvalue weighted by molar-refractivity contribution is -0.139. The molecule has 0 aliphatic heterocycles. The van der Waals surface area contributed by atoms with Crippen molar-refractivity contribution in [2.75, 3.05) is 13.2 Å². The minimum atomic E-state index is -1.13. The van der Waals surface area contributed by atoms with E-state index < -0.39 is 23.9 Å². The Hall–Kier alpha value is -4.22. The maximum Gasteiger partial charge on any atom is 0.335 e. The molecule has 2 fully saturated rings. The van der Waals surface area contributed by atoms with E-state index in [0.717, 1.165) is 56.4 Å². The Morgan fingerprint density at radius 1 is 0.617 bits per heavy atom. The van der Waals surface area contributed by atoms with Gasteiger partial charge in [-0.15, -0.1) is 0 Å². The summed E-state index contributed by atoms with van der Waals surface area (Å²) in [4.78, 5) is 68.7. The largest absolute Gasteiger partial charge is 0.481 e. The van der Waals surface area contributed by atoms with Crippen LogP contribution < -0.4 is 0 Å². The van der Waals surface area contributed by atoms with Crippen LogP contribution in [0.3, 0.4) is 0 Å². The van der Waals surface area contributed by atoms with Crippen molar-refractivity contribution in [3.05, 3.63) is 35.4 Å². The van der Waals surface area contributed by atoms with Crippen LogP contribution in [0.5, 0.6) is 0 Å². The van der Waals surface area contributed by atoms with Crippen LogP contribution in [0.1, 0.15) is 117 Å². The van der Waals surface area contributed by atoms with Crippen LogP contribution in [0.2, 0.25) is 0 Å². The third kappa shape index (κ3) is 22.9. The molecule has 0 saturated heterocycles. The number of carbonyl (C=O) groups is 4. The lowest BCUT2D eigenvalue weighted by Crippen LogP contribution is -2.23. The monoisotopic (exact) mass is 664 g/mol. The molecule has 0 amide bonds. The smallest absolute Gasteiger partial charge is 0.335 e. The number of rotatable bonds is 14. The second kappa shape index (κ2) is 26.9. The summed E-state index contributed by atoms with van der Waals surface area (Å²) in [5.41, 5.74) is -0.0372. The summed E-state index contributed by atoms with van der Waals surface area (Å²) < 4.78 is 0. The first kappa shape index (κ1) is 42.8. The van der Waals surface area contributed by atoms with Gasteiger partial charge in [-0.2, -0.15) is 0 Å². The number of aromatic carboxylic acids is 2. The van der Waals surface area contributed by atoms with Gasteiger partial charge in [-0.3, -0.25) is 9.59 Å². The van der Waals surface area contributed by atoms with Gasteiger partial charge in [-0.05, 0) is 114 Å². The number of benzene rings is 1. The maximum atomic E-state index is 10.4. The highest BCUT2D eigenvalue weighted by molar-refractivity contribution is 5.93. The molecule has 0 unspecified atom stereocenters. The predicted octanol–water partition coefficient (Wildman–Crippen LogP) is 4.72. The van der Waals surface area contributed by atoms with Crippen molar-refractivity contribution in [2.24, 2.45) is 21.8 Å². The van der Waals surface area contributed by atoms with Gasteiger partial charge in [0.2, 0.25) is 12.2 Å². The number of hydrogen-bond acceptors (Lipinski definition) is 10. The number of carbonyl (C=O) groups excluding carboxylic acids is 2. The molecular formula is C33H48N2O12. The molecule has 262 valence electrons. The molecule has 2 aliphatic carbocycles. The van der Waals surface area contributed by atoms with Crippen LogP contribution in [0.15, 0.2) is 34.3 Å². The van der Waals surface area contributed by atoms with Gasteiger partial charge in [-0.25, -0.2) is 29.2 Å². The second-order valence-corrected chi connectivity index (χ2v) is 11.4. The molecule has 2 saturated carbocycles. The first-order chi connectivity index (χ1) is 22.5. The van der Waals surface area contributed by atoms with Crippen molar-refractivity contribution in [1.29, 1.82) is 0 Å². The number of hydrogen-bond donors (Lipinski definition) is 6. The Kier molecular flexibility index (Phi) is 24.5. The molecule has 0 atom stereocenters. The maximum absolute atomic E-state index is 10.4. The third-order valence-electron chi connectivity index (χ3n) is 7.72. The topological polar surface area (TPSA) is 249 Å². The molecule has 0 radical (unpaired) electrons. The Bertz CT molecular complexity index is 1080. The lowest BCUT2D eigenvalue weighted by atomic mass is 9.76. The SMILES string of the molecule is O=C(O)CCCCC(=O)O.O=C(O)c1cccc(C(=O)O)c1.O=C=NC1CCC(CC2CCC(N=C=O)CC2)CC1.OCCCCO. The molecular weight excluding hydrogens is 616 g/mol. The first-order valence-corrected chi connectivity index (χ1v) is 15.8. The fourth-order valence-electron chi connectivity index (χ4n) is 5.20. The number of carboxylic acids is 4. The Labute approximate surface area is 274 Å². The number of aliphatic hydroxyl groups excluding tert-OH is 2. The van der Waals surface area contributed by atoms with E-state index in [1.54, 1.807) is 12.2 Å². The van der Waals surface area contributed by atoms with Crippen LogP contribution >= 0.6 is 0 Å². The van der Waals surface area contributed by atoms with Crippen molar-refractivity contribution in [3.63, 3.8) is 0 Å². The van der Waals surface area contributed by atoms with Gasteiger partial charge in [0, 0.05) is 26.1 Å². The molecule has 2 aliphatic rings. The van der Waals surface area contributed by atoms with Crippen LogP contribution in [0.4, 0.5) is 0 Å². The molecule has 14 nitrogen and oxygen atoms in total. The van der Waals surface area contributed by atoms with E-state index >= 15 is 0 Å². The molecule has 0 spiro atoms. The number of nitrogens with zero attached hydrogens (tertiary/aromatic N) is 2. The predicted molar refractivity (Wildman–Crippen MR) is 170 cm³/mol. The van der Waals surface area contributed by atoms with Crippen LogP contribution in [-0.4, -0.2) is 92.0 Å². The van der Waals surface area contributed by atoms with Crippen LogP contribution in [0.25, 0.3) is 0 Å². The number of aliphatic carboxylic acids is 2. The highest BCUT2D eigenvalue weighted by Crippen LogP contribution is 2.36. The van der Waals surface area contributed by atoms with Gasteiger partial charge < -0.3 is 30.6 Å². The highest BCUT2D eigenvalue weighted by atomic mass is 16.4. The van der Waals surface area contributed by atoms with Crippen LogP contribution in [0, 0.1) is 11.8 Å². The number of carboxylic acid groups (broad SMARTS) is 4. The minimum absolute atomic E-state index is 0.0186. The normalized spacial score (nSPS) is 19.6. The zero-order valence-electron chi connectivity index (χ0n) is 26.7. The number of isocyanates is 2. The zero-order chi connectivity index (χ0) is 35.5. The number of aliphatic hydroxyl groups is 2. The second-order valence-electron chi connectivity index (χ2n) is 11.4. The summed E-state index contributed by atoms with van der Waals surface area (Å²) in [6, 6.07) is 5.65. The average Bonchev–Trinajstić information content (AvgIpc) is 3.05. The minimum Gasteiger partial charge on any atom is -0.481 e. The van der Waals surface area contributed by atoms with E-state index in [9.17, 15) is 28.8 Å². The van der Waals surface area contributed by atoms with Gasteiger partial charge in [0.1, 0.15) is 0 Å². The van der Waals surface area contributed by atoms with Crippen molar-refractivity contribution in [2.45, 2.75) is 108 Å². The molecule has 0 bridgehead atoms. The van der Waals surface area contributed by atoms with E-state index in [2.05, 4.69) is 9.98 Å².